The van der Waals surface area contributed by atoms with E-state index in [4.69, 9.17) is 0 Å². The molecule has 1 aliphatic carbocycles. The van der Waals surface area contributed by atoms with E-state index in [1.165, 1.54) is 30.4 Å². The number of aliphatic hydroxyl groups is 1. The van der Waals surface area contributed by atoms with Crippen LogP contribution in [-0.2, 0) is 0 Å². The van der Waals surface area contributed by atoms with Gasteiger partial charge in [-0.05, 0) is 36.8 Å². The van der Waals surface area contributed by atoms with Crippen molar-refractivity contribution >= 4 is 0 Å². The van der Waals surface area contributed by atoms with Gasteiger partial charge in [-0.2, -0.15) is 0 Å². The van der Waals surface area contributed by atoms with E-state index in [1.807, 2.05) is 6.92 Å². The van der Waals surface area contributed by atoms with Gasteiger partial charge in [0.2, 0.25) is 0 Å². The molecule has 1 heteroatoms. The second-order valence-electron chi connectivity index (χ2n) is 4.79. The van der Waals surface area contributed by atoms with Crippen LogP contribution in [0.5, 0.6) is 0 Å². The third kappa shape index (κ3) is 2.07. The highest BCUT2D eigenvalue weighted by molar-refractivity contribution is 5.34. The normalized spacial score (nSPS) is 20.7. The minimum Gasteiger partial charge on any atom is -0.393 e. The maximum absolute atomic E-state index is 9.67. The Morgan fingerprint density at radius 3 is 2.40 bits per heavy atom. The summed E-state index contributed by atoms with van der Waals surface area (Å²) in [4.78, 5) is 0. The number of aliphatic hydroxyl groups excluding tert-OH is 1. The average Bonchev–Trinajstić information content (AvgIpc) is 2.15. The van der Waals surface area contributed by atoms with Crippen molar-refractivity contribution in [2.24, 2.45) is 0 Å². The highest BCUT2D eigenvalue weighted by Crippen LogP contribution is 2.40. The molecule has 15 heavy (non-hydrogen) atoms. The summed E-state index contributed by atoms with van der Waals surface area (Å²) in [7, 11) is 0. The SMILES string of the molecule is CC(O)C(C)c1ccccc1C1CCC1. The summed E-state index contributed by atoms with van der Waals surface area (Å²) in [6.07, 6.45) is 3.75. The average molecular weight is 204 g/mol. The maximum atomic E-state index is 9.67. The van der Waals surface area contributed by atoms with Crippen LogP contribution in [0, 0.1) is 0 Å². The summed E-state index contributed by atoms with van der Waals surface area (Å²) >= 11 is 0. The number of hydrogen-bond acceptors (Lipinski definition) is 1. The fourth-order valence-corrected chi connectivity index (χ4v) is 2.28. The fourth-order valence-electron chi connectivity index (χ4n) is 2.28. The van der Waals surface area contributed by atoms with Gasteiger partial charge in [-0.3, -0.25) is 0 Å². The van der Waals surface area contributed by atoms with E-state index in [2.05, 4.69) is 31.2 Å². The van der Waals surface area contributed by atoms with Gasteiger partial charge in [-0.15, -0.1) is 0 Å². The van der Waals surface area contributed by atoms with Gasteiger partial charge >= 0.3 is 0 Å². The van der Waals surface area contributed by atoms with Crippen LogP contribution < -0.4 is 0 Å². The van der Waals surface area contributed by atoms with E-state index in [1.54, 1.807) is 0 Å². The van der Waals surface area contributed by atoms with Crippen LogP contribution >= 0.6 is 0 Å². The number of benzene rings is 1. The zero-order valence-electron chi connectivity index (χ0n) is 9.61. The van der Waals surface area contributed by atoms with Crippen LogP contribution in [0.25, 0.3) is 0 Å². The van der Waals surface area contributed by atoms with Gasteiger partial charge in [-0.25, -0.2) is 0 Å². The Labute approximate surface area is 92.1 Å². The molecule has 1 aromatic carbocycles. The van der Waals surface area contributed by atoms with E-state index in [0.29, 0.717) is 0 Å². The molecule has 1 aliphatic rings. The first-order valence-electron chi connectivity index (χ1n) is 5.97. The molecule has 0 amide bonds. The van der Waals surface area contributed by atoms with Crippen molar-refractivity contribution in [2.45, 2.75) is 51.0 Å². The van der Waals surface area contributed by atoms with Gasteiger partial charge in [0.25, 0.3) is 0 Å². The molecule has 0 saturated heterocycles. The molecule has 82 valence electrons. The van der Waals surface area contributed by atoms with Gasteiger partial charge in [0.05, 0.1) is 6.10 Å². The Morgan fingerprint density at radius 2 is 1.87 bits per heavy atom. The van der Waals surface area contributed by atoms with Gasteiger partial charge in [0.15, 0.2) is 0 Å². The minimum absolute atomic E-state index is 0.252. The Hall–Kier alpha value is -0.820. The molecule has 1 aromatic rings. The van der Waals surface area contributed by atoms with Crippen molar-refractivity contribution in [1.29, 1.82) is 0 Å². The van der Waals surface area contributed by atoms with Gasteiger partial charge in [-0.1, -0.05) is 37.6 Å². The maximum Gasteiger partial charge on any atom is 0.0578 e. The van der Waals surface area contributed by atoms with Crippen LogP contribution in [0.15, 0.2) is 24.3 Å². The summed E-state index contributed by atoms with van der Waals surface area (Å²) in [6, 6.07) is 8.60. The molecular formula is C14H20O. The molecule has 0 aromatic heterocycles. The molecule has 0 aliphatic heterocycles. The summed E-state index contributed by atoms with van der Waals surface area (Å²) < 4.78 is 0. The van der Waals surface area contributed by atoms with E-state index in [0.717, 1.165) is 5.92 Å². The lowest BCUT2D eigenvalue weighted by atomic mass is 9.76. The highest BCUT2D eigenvalue weighted by atomic mass is 16.3. The molecule has 1 saturated carbocycles. The number of hydrogen-bond donors (Lipinski definition) is 1. The zero-order chi connectivity index (χ0) is 10.8. The standard InChI is InChI=1S/C14H20O/c1-10(11(2)15)13-8-3-4-9-14(13)12-6-5-7-12/h3-4,8-12,15H,5-7H2,1-2H3. The zero-order valence-corrected chi connectivity index (χ0v) is 9.61. The summed E-state index contributed by atoms with van der Waals surface area (Å²) in [5, 5.41) is 9.67. The Bertz CT molecular complexity index is 326. The number of rotatable bonds is 3. The predicted molar refractivity (Wildman–Crippen MR) is 63.1 cm³/mol. The van der Waals surface area contributed by atoms with Crippen LogP contribution in [0.1, 0.15) is 56.1 Å². The van der Waals surface area contributed by atoms with Gasteiger partial charge in [0.1, 0.15) is 0 Å². The largest absolute Gasteiger partial charge is 0.393 e. The van der Waals surface area contributed by atoms with Crippen LogP contribution in [0.4, 0.5) is 0 Å². The molecule has 2 unspecified atom stereocenters. The molecule has 0 bridgehead atoms. The third-order valence-electron chi connectivity index (χ3n) is 3.76. The van der Waals surface area contributed by atoms with Crippen LogP contribution in [0.2, 0.25) is 0 Å². The van der Waals surface area contributed by atoms with E-state index < -0.39 is 0 Å². The summed E-state index contributed by atoms with van der Waals surface area (Å²) in [5.74, 6) is 1.00. The van der Waals surface area contributed by atoms with Crippen molar-refractivity contribution in [1.82, 2.24) is 0 Å². The van der Waals surface area contributed by atoms with Crippen molar-refractivity contribution in [3.8, 4) is 0 Å². The lowest BCUT2D eigenvalue weighted by molar-refractivity contribution is 0.168. The lowest BCUT2D eigenvalue weighted by Crippen LogP contribution is -2.17. The Kier molecular flexibility index (Phi) is 3.11. The van der Waals surface area contributed by atoms with E-state index in [9.17, 15) is 5.11 Å². The minimum atomic E-state index is -0.258. The quantitative estimate of drug-likeness (QED) is 0.799. The van der Waals surface area contributed by atoms with Crippen molar-refractivity contribution in [3.05, 3.63) is 35.4 Å². The van der Waals surface area contributed by atoms with Crippen molar-refractivity contribution in [2.75, 3.05) is 0 Å². The molecule has 1 fully saturated rings. The topological polar surface area (TPSA) is 20.2 Å². The highest BCUT2D eigenvalue weighted by Gasteiger charge is 2.24. The molecule has 0 radical (unpaired) electrons. The first kappa shape index (κ1) is 10.7. The monoisotopic (exact) mass is 204 g/mol. The molecule has 1 nitrogen and oxygen atoms in total. The van der Waals surface area contributed by atoms with E-state index in [-0.39, 0.29) is 12.0 Å². The lowest BCUT2D eigenvalue weighted by Gasteiger charge is -2.30. The van der Waals surface area contributed by atoms with Gasteiger partial charge in [0, 0.05) is 5.92 Å². The van der Waals surface area contributed by atoms with Crippen LogP contribution in [0.3, 0.4) is 0 Å². The second kappa shape index (κ2) is 4.36. The summed E-state index contributed by atoms with van der Waals surface area (Å²) in [5.41, 5.74) is 2.81. The second-order valence-corrected chi connectivity index (χ2v) is 4.79. The molecule has 1 N–H and O–H groups in total. The predicted octanol–water partition coefficient (Wildman–Crippen LogP) is 3.44. The van der Waals surface area contributed by atoms with Crippen molar-refractivity contribution < 1.29 is 5.11 Å². The van der Waals surface area contributed by atoms with Gasteiger partial charge < -0.3 is 5.11 Å². The fraction of sp³-hybridized carbons (Fsp3) is 0.571. The molecular weight excluding hydrogens is 184 g/mol. The molecule has 0 heterocycles. The van der Waals surface area contributed by atoms with E-state index >= 15 is 0 Å². The molecule has 2 rings (SSSR count). The first-order valence-corrected chi connectivity index (χ1v) is 5.97. The molecule has 0 spiro atoms. The summed E-state index contributed by atoms with van der Waals surface area (Å²) in [6.45, 7) is 3.99. The molecule has 2 atom stereocenters. The van der Waals surface area contributed by atoms with Crippen molar-refractivity contribution in [3.63, 3.8) is 0 Å². The third-order valence-corrected chi connectivity index (χ3v) is 3.76. The first-order chi connectivity index (χ1) is 7.20. The smallest absolute Gasteiger partial charge is 0.0578 e. The van der Waals surface area contributed by atoms with Crippen LogP contribution in [-0.4, -0.2) is 11.2 Å². The Morgan fingerprint density at radius 1 is 1.20 bits per heavy atom. The Balaban J connectivity index is 2.28.